The van der Waals surface area contributed by atoms with Gasteiger partial charge in [0, 0.05) is 12.6 Å². The lowest BCUT2D eigenvalue weighted by atomic mass is 10.2. The number of likely N-dealkylation sites (N-methyl/N-ethyl adjacent to an activating group) is 1. The normalized spacial score (nSPS) is 15.8. The molecule has 1 aliphatic heterocycles. The molecule has 1 fully saturated rings. The fourth-order valence-corrected chi connectivity index (χ4v) is 4.08. The van der Waals surface area contributed by atoms with Gasteiger partial charge in [-0.25, -0.2) is 4.39 Å². The molecule has 0 N–H and O–H groups in total. The largest absolute Gasteiger partial charge is 0.486 e. The molecule has 1 aliphatic rings. The van der Waals surface area contributed by atoms with E-state index in [4.69, 9.17) is 16.3 Å². The summed E-state index contributed by atoms with van der Waals surface area (Å²) in [6.07, 6.45) is 1.59. The molecule has 2 aromatic carbocycles. The summed E-state index contributed by atoms with van der Waals surface area (Å²) in [6, 6.07) is 9.65. The number of halogens is 3. The van der Waals surface area contributed by atoms with Gasteiger partial charge in [0.15, 0.2) is 5.75 Å². The van der Waals surface area contributed by atoms with Crippen molar-refractivity contribution < 1.29 is 18.7 Å². The van der Waals surface area contributed by atoms with Gasteiger partial charge in [0.1, 0.15) is 12.4 Å². The molecule has 134 valence electrons. The lowest BCUT2D eigenvalue weighted by Crippen LogP contribution is -2.22. The maximum absolute atomic E-state index is 13.7. The maximum atomic E-state index is 13.7. The number of carbonyl (C=O) groups is 2. The van der Waals surface area contributed by atoms with E-state index >= 15 is 0 Å². The number of hydrogen-bond acceptors (Lipinski definition) is 4. The fourth-order valence-electron chi connectivity index (χ4n) is 2.26. The van der Waals surface area contributed by atoms with E-state index in [0.717, 1.165) is 16.7 Å². The Morgan fingerprint density at radius 2 is 2.04 bits per heavy atom. The highest BCUT2D eigenvalue weighted by molar-refractivity contribution is 9.10. The smallest absolute Gasteiger partial charge is 0.293 e. The third-order valence-electron chi connectivity index (χ3n) is 3.63. The number of thioether (sulfide) groups is 1. The van der Waals surface area contributed by atoms with Crippen LogP contribution in [0, 0.1) is 5.82 Å². The van der Waals surface area contributed by atoms with Crippen LogP contribution in [0.5, 0.6) is 5.75 Å². The molecule has 0 bridgehead atoms. The molecule has 0 radical (unpaired) electrons. The minimum absolute atomic E-state index is 0.0268. The average Bonchev–Trinajstić information content (AvgIpc) is 2.82. The van der Waals surface area contributed by atoms with Crippen molar-refractivity contribution in [2.45, 2.75) is 6.61 Å². The molecule has 2 amide bonds. The number of rotatable bonds is 4. The molecule has 0 aromatic heterocycles. The van der Waals surface area contributed by atoms with Gasteiger partial charge in [-0.15, -0.1) is 0 Å². The molecule has 8 heteroatoms. The number of ether oxygens (including phenoxy) is 1. The zero-order valence-corrected chi connectivity index (χ0v) is 16.6. The van der Waals surface area contributed by atoms with E-state index in [2.05, 4.69) is 15.9 Å². The van der Waals surface area contributed by atoms with Gasteiger partial charge < -0.3 is 4.74 Å². The highest BCUT2D eigenvalue weighted by Gasteiger charge is 2.31. The summed E-state index contributed by atoms with van der Waals surface area (Å²) in [4.78, 5) is 24.9. The third kappa shape index (κ3) is 3.95. The van der Waals surface area contributed by atoms with Gasteiger partial charge in [0.05, 0.1) is 14.4 Å². The zero-order valence-electron chi connectivity index (χ0n) is 13.5. The third-order valence-corrected chi connectivity index (χ3v) is 5.47. The van der Waals surface area contributed by atoms with Crippen molar-refractivity contribution >= 4 is 56.5 Å². The number of amides is 2. The summed E-state index contributed by atoms with van der Waals surface area (Å²) in [5.74, 6) is -0.338. The second-order valence-electron chi connectivity index (χ2n) is 5.43. The Balaban J connectivity index is 1.82. The number of nitrogens with zero attached hydrogens (tertiary/aromatic N) is 1. The minimum atomic E-state index is -0.355. The quantitative estimate of drug-likeness (QED) is 0.571. The fraction of sp³-hybridized carbons (Fsp3) is 0.111. The molecule has 26 heavy (non-hydrogen) atoms. The highest BCUT2D eigenvalue weighted by atomic mass is 79.9. The lowest BCUT2D eigenvalue weighted by Gasteiger charge is -2.12. The molecule has 3 rings (SSSR count). The number of benzene rings is 2. The van der Waals surface area contributed by atoms with Crippen LogP contribution < -0.4 is 4.74 Å². The molecule has 1 saturated heterocycles. The molecule has 2 aromatic rings. The number of hydrogen-bond donors (Lipinski definition) is 0. The summed E-state index contributed by atoms with van der Waals surface area (Å²) >= 11 is 10.5. The molecular weight excluding hydrogens is 445 g/mol. The van der Waals surface area contributed by atoms with Crippen molar-refractivity contribution in [1.82, 2.24) is 4.90 Å². The van der Waals surface area contributed by atoms with Crippen LogP contribution in [-0.2, 0) is 11.4 Å². The van der Waals surface area contributed by atoms with Gasteiger partial charge in [0.25, 0.3) is 11.1 Å². The predicted molar refractivity (Wildman–Crippen MR) is 104 cm³/mol. The van der Waals surface area contributed by atoms with Gasteiger partial charge in [-0.05, 0) is 57.5 Å². The molecule has 0 unspecified atom stereocenters. The standard InChI is InChI=1S/C18H12BrClFNO3S/c1-22-17(23)15(26-18(22)24)8-10-6-12(19)16(13(20)7-10)25-9-11-4-2-3-5-14(11)21/h2-8H,9H2,1H3/b15-8-. The Labute approximate surface area is 167 Å². The lowest BCUT2D eigenvalue weighted by molar-refractivity contribution is -0.121. The van der Waals surface area contributed by atoms with Crippen LogP contribution >= 0.6 is 39.3 Å². The van der Waals surface area contributed by atoms with Crippen LogP contribution in [0.1, 0.15) is 11.1 Å². The first-order chi connectivity index (χ1) is 12.4. The topological polar surface area (TPSA) is 46.6 Å². The summed E-state index contributed by atoms with van der Waals surface area (Å²) in [5.41, 5.74) is 1.05. The van der Waals surface area contributed by atoms with Crippen LogP contribution in [0.25, 0.3) is 6.08 Å². The second kappa shape index (κ2) is 7.82. The van der Waals surface area contributed by atoms with Crippen LogP contribution in [0.15, 0.2) is 45.8 Å². The van der Waals surface area contributed by atoms with E-state index in [1.807, 2.05) is 0 Å². The maximum Gasteiger partial charge on any atom is 0.293 e. The van der Waals surface area contributed by atoms with Gasteiger partial charge >= 0.3 is 0 Å². The number of carbonyl (C=O) groups excluding carboxylic acids is 2. The minimum Gasteiger partial charge on any atom is -0.486 e. The van der Waals surface area contributed by atoms with Crippen molar-refractivity contribution in [3.8, 4) is 5.75 Å². The van der Waals surface area contributed by atoms with E-state index in [0.29, 0.717) is 31.3 Å². The van der Waals surface area contributed by atoms with E-state index < -0.39 is 0 Å². The van der Waals surface area contributed by atoms with Crippen LogP contribution in [-0.4, -0.2) is 23.1 Å². The second-order valence-corrected chi connectivity index (χ2v) is 7.69. The summed E-state index contributed by atoms with van der Waals surface area (Å²) in [5, 5.41) is -0.0195. The predicted octanol–water partition coefficient (Wildman–Crippen LogP) is 5.49. The van der Waals surface area contributed by atoms with Crippen molar-refractivity contribution in [2.75, 3.05) is 7.05 Å². The zero-order chi connectivity index (χ0) is 18.8. The van der Waals surface area contributed by atoms with E-state index in [1.165, 1.54) is 13.1 Å². The molecule has 1 heterocycles. The Kier molecular flexibility index (Phi) is 5.70. The molecule has 0 saturated carbocycles. The van der Waals surface area contributed by atoms with Gasteiger partial charge in [-0.1, -0.05) is 29.8 Å². The Bertz CT molecular complexity index is 911. The molecule has 4 nitrogen and oxygen atoms in total. The monoisotopic (exact) mass is 455 g/mol. The van der Waals surface area contributed by atoms with E-state index in [1.54, 1.807) is 36.4 Å². The van der Waals surface area contributed by atoms with E-state index in [9.17, 15) is 14.0 Å². The van der Waals surface area contributed by atoms with Crippen LogP contribution in [0.4, 0.5) is 9.18 Å². The molecule has 0 spiro atoms. The van der Waals surface area contributed by atoms with Gasteiger partial charge in [-0.3, -0.25) is 14.5 Å². The van der Waals surface area contributed by atoms with Crippen molar-refractivity contribution in [1.29, 1.82) is 0 Å². The number of imide groups is 1. The van der Waals surface area contributed by atoms with Crippen molar-refractivity contribution in [2.24, 2.45) is 0 Å². The first kappa shape index (κ1) is 18.9. The Morgan fingerprint density at radius 3 is 2.65 bits per heavy atom. The highest BCUT2D eigenvalue weighted by Crippen LogP contribution is 2.37. The molecular formula is C18H12BrClFNO3S. The molecule has 0 aliphatic carbocycles. The Hall–Kier alpha value is -1.83. The summed E-state index contributed by atoms with van der Waals surface area (Å²) < 4.78 is 19.9. The van der Waals surface area contributed by atoms with E-state index in [-0.39, 0.29) is 23.6 Å². The SMILES string of the molecule is CN1C(=O)S/C(=C\c2cc(Cl)c(OCc3ccccc3F)c(Br)c2)C1=O. The van der Waals surface area contributed by atoms with Gasteiger partial charge in [-0.2, -0.15) is 0 Å². The summed E-state index contributed by atoms with van der Waals surface area (Å²) in [7, 11) is 1.43. The van der Waals surface area contributed by atoms with Crippen molar-refractivity contribution in [3.05, 3.63) is 67.7 Å². The van der Waals surface area contributed by atoms with Crippen LogP contribution in [0.2, 0.25) is 5.02 Å². The molecule has 0 atom stereocenters. The Morgan fingerprint density at radius 1 is 1.31 bits per heavy atom. The van der Waals surface area contributed by atoms with Gasteiger partial charge in [0.2, 0.25) is 0 Å². The first-order valence-corrected chi connectivity index (χ1v) is 9.42. The average molecular weight is 457 g/mol. The first-order valence-electron chi connectivity index (χ1n) is 7.43. The van der Waals surface area contributed by atoms with Crippen LogP contribution in [0.3, 0.4) is 0 Å². The summed E-state index contributed by atoms with van der Waals surface area (Å²) in [6.45, 7) is 0.0268. The van der Waals surface area contributed by atoms with Crippen molar-refractivity contribution in [3.63, 3.8) is 0 Å².